The number of likely N-dealkylation sites (tertiary alicyclic amines) is 1. The molecule has 2 heterocycles. The molecule has 0 radical (unpaired) electrons. The topological polar surface area (TPSA) is 58.4 Å². The van der Waals surface area contributed by atoms with Crippen LogP contribution >= 0.6 is 0 Å². The highest BCUT2D eigenvalue weighted by Gasteiger charge is 2.26. The van der Waals surface area contributed by atoms with E-state index in [9.17, 15) is 9.90 Å². The van der Waals surface area contributed by atoms with Crippen LogP contribution in [0.2, 0.25) is 0 Å². The smallest absolute Gasteiger partial charge is 0.257 e. The largest absolute Gasteiger partial charge is 0.396 e. The lowest BCUT2D eigenvalue weighted by molar-refractivity contribution is 0.0620. The Kier molecular flexibility index (Phi) is 4.48. The van der Waals surface area contributed by atoms with Gasteiger partial charge in [-0.1, -0.05) is 18.2 Å². The Balaban J connectivity index is 1.87. The molecular weight excluding hydrogens is 290 g/mol. The van der Waals surface area contributed by atoms with Crippen molar-refractivity contribution in [2.75, 3.05) is 19.7 Å². The highest BCUT2D eigenvalue weighted by Crippen LogP contribution is 2.22. The SMILES string of the molecule is Cc1ccccc1-n1ncc(C(=O)N2CCCC(CO)C2)c1C. The maximum absolute atomic E-state index is 12.8. The standard InChI is InChI=1S/C18H23N3O2/c1-13-6-3-4-8-17(13)21-14(2)16(10-19-21)18(23)20-9-5-7-15(11-20)12-22/h3-4,6,8,10,15,22H,5,7,9,11-12H2,1-2H3. The van der Waals surface area contributed by atoms with Gasteiger partial charge in [0.1, 0.15) is 0 Å². The number of amides is 1. The number of carbonyl (C=O) groups is 1. The van der Waals surface area contributed by atoms with Gasteiger partial charge in [-0.15, -0.1) is 0 Å². The van der Waals surface area contributed by atoms with Crippen molar-refractivity contribution < 1.29 is 9.90 Å². The molecular formula is C18H23N3O2. The second-order valence-corrected chi connectivity index (χ2v) is 6.28. The Hall–Kier alpha value is -2.14. The van der Waals surface area contributed by atoms with Crippen LogP contribution in [0.4, 0.5) is 0 Å². The van der Waals surface area contributed by atoms with Gasteiger partial charge < -0.3 is 10.0 Å². The second kappa shape index (κ2) is 6.54. The molecule has 0 spiro atoms. The van der Waals surface area contributed by atoms with Crippen LogP contribution in [0.15, 0.2) is 30.5 Å². The van der Waals surface area contributed by atoms with Gasteiger partial charge in [-0.3, -0.25) is 4.79 Å². The lowest BCUT2D eigenvalue weighted by Gasteiger charge is -2.31. The van der Waals surface area contributed by atoms with Gasteiger partial charge in [0.2, 0.25) is 0 Å². The van der Waals surface area contributed by atoms with Gasteiger partial charge in [0, 0.05) is 19.7 Å². The predicted octanol–water partition coefficient (Wildman–Crippen LogP) is 2.33. The zero-order valence-corrected chi connectivity index (χ0v) is 13.7. The molecule has 1 atom stereocenters. The third-order valence-corrected chi connectivity index (χ3v) is 4.65. The molecule has 1 N–H and O–H groups in total. The van der Waals surface area contributed by atoms with Gasteiger partial charge in [-0.2, -0.15) is 5.10 Å². The number of rotatable bonds is 3. The van der Waals surface area contributed by atoms with Crippen LogP contribution in [0.25, 0.3) is 5.69 Å². The summed E-state index contributed by atoms with van der Waals surface area (Å²) in [5.74, 6) is 0.208. The molecule has 1 aliphatic rings. The van der Waals surface area contributed by atoms with Crippen molar-refractivity contribution >= 4 is 5.91 Å². The molecule has 1 amide bonds. The zero-order valence-electron chi connectivity index (χ0n) is 13.7. The number of aliphatic hydroxyl groups is 1. The van der Waals surface area contributed by atoms with Crippen LogP contribution in [0.1, 0.15) is 34.5 Å². The number of aliphatic hydroxyl groups excluding tert-OH is 1. The summed E-state index contributed by atoms with van der Waals surface area (Å²) in [6.07, 6.45) is 3.59. The number of carbonyl (C=O) groups excluding carboxylic acids is 1. The summed E-state index contributed by atoms with van der Waals surface area (Å²) in [4.78, 5) is 14.6. The molecule has 5 heteroatoms. The molecule has 1 aliphatic heterocycles. The fourth-order valence-electron chi connectivity index (χ4n) is 3.23. The molecule has 3 rings (SSSR count). The number of nitrogens with zero attached hydrogens (tertiary/aromatic N) is 3. The predicted molar refractivity (Wildman–Crippen MR) is 88.8 cm³/mol. The van der Waals surface area contributed by atoms with E-state index < -0.39 is 0 Å². The lowest BCUT2D eigenvalue weighted by Crippen LogP contribution is -2.41. The first kappa shape index (κ1) is 15.7. The molecule has 0 bridgehead atoms. The van der Waals surface area contributed by atoms with E-state index in [4.69, 9.17) is 0 Å². The van der Waals surface area contributed by atoms with Gasteiger partial charge in [-0.05, 0) is 44.2 Å². The summed E-state index contributed by atoms with van der Waals surface area (Å²) in [5.41, 5.74) is 3.62. The van der Waals surface area contributed by atoms with Crippen molar-refractivity contribution in [2.24, 2.45) is 5.92 Å². The quantitative estimate of drug-likeness (QED) is 0.946. The molecule has 0 saturated carbocycles. The third-order valence-electron chi connectivity index (χ3n) is 4.65. The summed E-state index contributed by atoms with van der Waals surface area (Å²) in [6.45, 7) is 5.49. The number of piperidine rings is 1. The van der Waals surface area contributed by atoms with Crippen molar-refractivity contribution in [1.82, 2.24) is 14.7 Å². The summed E-state index contributed by atoms with van der Waals surface area (Å²) >= 11 is 0. The molecule has 23 heavy (non-hydrogen) atoms. The third kappa shape index (κ3) is 3.01. The van der Waals surface area contributed by atoms with E-state index in [0.29, 0.717) is 12.1 Å². The van der Waals surface area contributed by atoms with E-state index in [1.807, 2.05) is 47.7 Å². The minimum atomic E-state index is 0.0143. The fourth-order valence-corrected chi connectivity index (χ4v) is 3.23. The van der Waals surface area contributed by atoms with Crippen LogP contribution in [0.5, 0.6) is 0 Å². The van der Waals surface area contributed by atoms with Crippen molar-refractivity contribution in [1.29, 1.82) is 0 Å². The Morgan fingerprint density at radius 3 is 2.87 bits per heavy atom. The molecule has 1 aromatic heterocycles. The first-order chi connectivity index (χ1) is 11.1. The monoisotopic (exact) mass is 313 g/mol. The molecule has 122 valence electrons. The van der Waals surface area contributed by atoms with Gasteiger partial charge in [0.15, 0.2) is 0 Å². The minimum absolute atomic E-state index is 0.0143. The molecule has 1 saturated heterocycles. The molecule has 1 unspecified atom stereocenters. The van der Waals surface area contributed by atoms with Crippen molar-refractivity contribution in [3.8, 4) is 5.69 Å². The molecule has 2 aromatic rings. The van der Waals surface area contributed by atoms with Crippen LogP contribution in [0.3, 0.4) is 0 Å². The van der Waals surface area contributed by atoms with E-state index in [-0.39, 0.29) is 18.4 Å². The van der Waals surface area contributed by atoms with Gasteiger partial charge in [-0.25, -0.2) is 4.68 Å². The maximum atomic E-state index is 12.8. The van der Waals surface area contributed by atoms with Crippen molar-refractivity contribution in [3.63, 3.8) is 0 Å². The Morgan fingerprint density at radius 1 is 1.35 bits per heavy atom. The molecule has 5 nitrogen and oxygen atoms in total. The number of aromatic nitrogens is 2. The van der Waals surface area contributed by atoms with E-state index >= 15 is 0 Å². The number of aryl methyl sites for hydroxylation is 1. The normalized spacial score (nSPS) is 18.2. The average molecular weight is 313 g/mol. The summed E-state index contributed by atoms with van der Waals surface area (Å²) in [5, 5.41) is 13.8. The van der Waals surface area contributed by atoms with Gasteiger partial charge in [0.25, 0.3) is 5.91 Å². The van der Waals surface area contributed by atoms with Gasteiger partial charge in [0.05, 0.1) is 23.1 Å². The Morgan fingerprint density at radius 2 is 2.13 bits per heavy atom. The average Bonchev–Trinajstić information content (AvgIpc) is 2.96. The zero-order chi connectivity index (χ0) is 16.4. The summed E-state index contributed by atoms with van der Waals surface area (Å²) in [7, 11) is 0. The fraction of sp³-hybridized carbons (Fsp3) is 0.444. The van der Waals surface area contributed by atoms with E-state index in [0.717, 1.165) is 36.3 Å². The van der Waals surface area contributed by atoms with Gasteiger partial charge >= 0.3 is 0 Å². The first-order valence-corrected chi connectivity index (χ1v) is 8.12. The lowest BCUT2D eigenvalue weighted by atomic mass is 9.98. The molecule has 1 fully saturated rings. The summed E-state index contributed by atoms with van der Waals surface area (Å²) < 4.78 is 1.83. The number of benzene rings is 1. The van der Waals surface area contributed by atoms with Crippen LogP contribution < -0.4 is 0 Å². The first-order valence-electron chi connectivity index (χ1n) is 8.12. The maximum Gasteiger partial charge on any atom is 0.257 e. The Bertz CT molecular complexity index is 708. The van der Waals surface area contributed by atoms with E-state index in [1.165, 1.54) is 0 Å². The second-order valence-electron chi connectivity index (χ2n) is 6.28. The highest BCUT2D eigenvalue weighted by molar-refractivity contribution is 5.95. The van der Waals surface area contributed by atoms with Crippen molar-refractivity contribution in [2.45, 2.75) is 26.7 Å². The number of hydrogen-bond donors (Lipinski definition) is 1. The van der Waals surface area contributed by atoms with E-state index in [1.54, 1.807) is 6.20 Å². The minimum Gasteiger partial charge on any atom is -0.396 e. The van der Waals surface area contributed by atoms with Crippen LogP contribution in [-0.2, 0) is 0 Å². The molecule has 1 aromatic carbocycles. The summed E-state index contributed by atoms with van der Waals surface area (Å²) in [6, 6.07) is 8.01. The molecule has 0 aliphatic carbocycles. The van der Waals surface area contributed by atoms with Crippen LogP contribution in [-0.4, -0.2) is 45.4 Å². The Labute approximate surface area is 136 Å². The van der Waals surface area contributed by atoms with E-state index in [2.05, 4.69) is 5.10 Å². The number of para-hydroxylation sites is 1. The number of hydrogen-bond acceptors (Lipinski definition) is 3. The van der Waals surface area contributed by atoms with Crippen LogP contribution in [0, 0.1) is 19.8 Å². The van der Waals surface area contributed by atoms with Crippen molar-refractivity contribution in [3.05, 3.63) is 47.3 Å². The highest BCUT2D eigenvalue weighted by atomic mass is 16.3.